The summed E-state index contributed by atoms with van der Waals surface area (Å²) in [6, 6.07) is 9.84. The molecule has 0 aliphatic heterocycles. The molecule has 0 radical (unpaired) electrons. The van der Waals surface area contributed by atoms with E-state index >= 15 is 0 Å². The van der Waals surface area contributed by atoms with Gasteiger partial charge in [-0.1, -0.05) is 18.2 Å². The summed E-state index contributed by atoms with van der Waals surface area (Å²) in [5.74, 6) is 2.50. The first-order chi connectivity index (χ1) is 8.84. The number of benzene rings is 1. The summed E-state index contributed by atoms with van der Waals surface area (Å²) in [4.78, 5) is 4.12. The fraction of sp³-hybridized carbons (Fsp3) is 0.357. The van der Waals surface area contributed by atoms with Gasteiger partial charge in [-0.2, -0.15) is 0 Å². The molecular formula is C14H18N2O2. The Morgan fingerprint density at radius 2 is 2.11 bits per heavy atom. The lowest BCUT2D eigenvalue weighted by Gasteiger charge is -2.05. The quantitative estimate of drug-likeness (QED) is 0.763. The molecule has 0 amide bonds. The van der Waals surface area contributed by atoms with Crippen molar-refractivity contribution >= 4 is 0 Å². The van der Waals surface area contributed by atoms with E-state index in [0.717, 1.165) is 30.4 Å². The van der Waals surface area contributed by atoms with Crippen molar-refractivity contribution in [3.05, 3.63) is 48.2 Å². The molecular weight excluding hydrogens is 228 g/mol. The molecule has 0 fully saturated rings. The van der Waals surface area contributed by atoms with Gasteiger partial charge in [0.25, 0.3) is 0 Å². The lowest BCUT2D eigenvalue weighted by atomic mass is 10.3. The Balaban J connectivity index is 1.54. The number of ether oxygens (including phenoxy) is 1. The van der Waals surface area contributed by atoms with Crippen molar-refractivity contribution in [1.29, 1.82) is 0 Å². The lowest BCUT2D eigenvalue weighted by Crippen LogP contribution is -2.17. The second-order valence-electron chi connectivity index (χ2n) is 4.06. The molecule has 0 spiro atoms. The van der Waals surface area contributed by atoms with E-state index in [1.54, 1.807) is 6.20 Å². The first-order valence-electron chi connectivity index (χ1n) is 6.14. The zero-order valence-electron chi connectivity index (χ0n) is 10.6. The minimum atomic E-state index is 0.666. The molecule has 1 aromatic carbocycles. The number of hydrogen-bond acceptors (Lipinski definition) is 4. The van der Waals surface area contributed by atoms with Gasteiger partial charge in [-0.3, -0.25) is 0 Å². The van der Waals surface area contributed by atoms with Gasteiger partial charge in [0.05, 0.1) is 19.3 Å². The molecule has 0 atom stereocenters. The molecule has 1 N–H and O–H groups in total. The van der Waals surface area contributed by atoms with Crippen LogP contribution < -0.4 is 10.1 Å². The van der Waals surface area contributed by atoms with Crippen molar-refractivity contribution in [2.24, 2.45) is 0 Å². The van der Waals surface area contributed by atoms with Gasteiger partial charge in [0.15, 0.2) is 0 Å². The molecule has 4 nitrogen and oxygen atoms in total. The number of rotatable bonds is 7. The summed E-state index contributed by atoms with van der Waals surface area (Å²) >= 11 is 0. The van der Waals surface area contributed by atoms with Crippen molar-refractivity contribution in [1.82, 2.24) is 10.3 Å². The van der Waals surface area contributed by atoms with Crippen LogP contribution in [-0.4, -0.2) is 18.1 Å². The third-order valence-corrected chi connectivity index (χ3v) is 2.46. The van der Waals surface area contributed by atoms with E-state index in [1.165, 1.54) is 0 Å². The van der Waals surface area contributed by atoms with Gasteiger partial charge in [-0.15, -0.1) is 0 Å². The van der Waals surface area contributed by atoms with Gasteiger partial charge in [0, 0.05) is 0 Å². The standard InChI is InChI=1S/C14H18N2O2/c1-12-10-16-14(18-12)11-15-8-5-9-17-13-6-3-2-4-7-13/h2-4,6-7,10,15H,5,8-9,11H2,1H3. The fourth-order valence-corrected chi connectivity index (χ4v) is 1.58. The summed E-state index contributed by atoms with van der Waals surface area (Å²) in [6.45, 7) is 4.15. The average molecular weight is 246 g/mol. The van der Waals surface area contributed by atoms with Crippen LogP contribution in [0.5, 0.6) is 5.75 Å². The molecule has 0 saturated carbocycles. The highest BCUT2D eigenvalue weighted by Crippen LogP contribution is 2.08. The zero-order valence-corrected chi connectivity index (χ0v) is 10.6. The Morgan fingerprint density at radius 3 is 2.83 bits per heavy atom. The maximum Gasteiger partial charge on any atom is 0.208 e. The van der Waals surface area contributed by atoms with Gasteiger partial charge >= 0.3 is 0 Å². The molecule has 0 saturated heterocycles. The number of nitrogens with one attached hydrogen (secondary N) is 1. The van der Waals surface area contributed by atoms with Crippen LogP contribution in [-0.2, 0) is 6.54 Å². The van der Waals surface area contributed by atoms with Crippen LogP contribution in [0.4, 0.5) is 0 Å². The van der Waals surface area contributed by atoms with E-state index in [-0.39, 0.29) is 0 Å². The predicted molar refractivity (Wildman–Crippen MR) is 69.5 cm³/mol. The van der Waals surface area contributed by atoms with Crippen molar-refractivity contribution in [2.75, 3.05) is 13.2 Å². The summed E-state index contributed by atoms with van der Waals surface area (Å²) in [7, 11) is 0. The molecule has 96 valence electrons. The Labute approximate surface area is 107 Å². The van der Waals surface area contributed by atoms with E-state index in [9.17, 15) is 0 Å². The van der Waals surface area contributed by atoms with Gasteiger partial charge in [0.1, 0.15) is 11.5 Å². The van der Waals surface area contributed by atoms with Gasteiger partial charge in [-0.25, -0.2) is 4.98 Å². The maximum absolute atomic E-state index is 5.58. The van der Waals surface area contributed by atoms with Crippen LogP contribution in [0.15, 0.2) is 40.9 Å². The lowest BCUT2D eigenvalue weighted by molar-refractivity contribution is 0.306. The Kier molecular flexibility index (Phi) is 4.78. The highest BCUT2D eigenvalue weighted by molar-refractivity contribution is 5.20. The summed E-state index contributed by atoms with van der Waals surface area (Å²) < 4.78 is 10.9. The number of para-hydroxylation sites is 1. The predicted octanol–water partition coefficient (Wildman–Crippen LogP) is 2.54. The van der Waals surface area contributed by atoms with Crippen LogP contribution in [0.1, 0.15) is 18.1 Å². The van der Waals surface area contributed by atoms with E-state index < -0.39 is 0 Å². The molecule has 1 heterocycles. The molecule has 1 aromatic heterocycles. The van der Waals surface area contributed by atoms with E-state index in [0.29, 0.717) is 13.2 Å². The fourth-order valence-electron chi connectivity index (χ4n) is 1.58. The number of hydrogen-bond donors (Lipinski definition) is 1. The molecule has 0 bridgehead atoms. The number of nitrogens with zero attached hydrogens (tertiary/aromatic N) is 1. The van der Waals surface area contributed by atoms with Gasteiger partial charge in [0.2, 0.25) is 5.89 Å². The van der Waals surface area contributed by atoms with E-state index in [1.807, 2.05) is 37.3 Å². The second kappa shape index (κ2) is 6.81. The SMILES string of the molecule is Cc1cnc(CNCCCOc2ccccc2)o1. The van der Waals surface area contributed by atoms with Gasteiger partial charge < -0.3 is 14.5 Å². The molecule has 2 rings (SSSR count). The Bertz CT molecular complexity index is 454. The molecule has 0 aliphatic rings. The Hall–Kier alpha value is -1.81. The van der Waals surface area contributed by atoms with Crippen LogP contribution in [0.2, 0.25) is 0 Å². The number of aryl methyl sites for hydroxylation is 1. The zero-order chi connectivity index (χ0) is 12.6. The third kappa shape index (κ3) is 4.22. The van der Waals surface area contributed by atoms with Crippen molar-refractivity contribution in [3.8, 4) is 5.75 Å². The molecule has 4 heteroatoms. The van der Waals surface area contributed by atoms with Crippen molar-refractivity contribution in [3.63, 3.8) is 0 Å². The first-order valence-corrected chi connectivity index (χ1v) is 6.14. The highest BCUT2D eigenvalue weighted by atomic mass is 16.5. The van der Waals surface area contributed by atoms with Crippen LogP contribution in [0.3, 0.4) is 0 Å². The second-order valence-corrected chi connectivity index (χ2v) is 4.06. The normalized spacial score (nSPS) is 10.5. The minimum absolute atomic E-state index is 0.666. The van der Waals surface area contributed by atoms with Crippen LogP contribution in [0.25, 0.3) is 0 Å². The van der Waals surface area contributed by atoms with E-state index in [2.05, 4.69) is 10.3 Å². The number of aromatic nitrogens is 1. The van der Waals surface area contributed by atoms with Crippen LogP contribution in [0, 0.1) is 6.92 Å². The summed E-state index contributed by atoms with van der Waals surface area (Å²) in [6.07, 6.45) is 2.68. The maximum atomic E-state index is 5.58. The Morgan fingerprint density at radius 1 is 1.28 bits per heavy atom. The molecule has 0 unspecified atom stereocenters. The van der Waals surface area contributed by atoms with Gasteiger partial charge in [-0.05, 0) is 32.0 Å². The van der Waals surface area contributed by atoms with E-state index in [4.69, 9.17) is 9.15 Å². The molecule has 2 aromatic rings. The monoisotopic (exact) mass is 246 g/mol. The largest absolute Gasteiger partial charge is 0.494 e. The third-order valence-electron chi connectivity index (χ3n) is 2.46. The highest BCUT2D eigenvalue weighted by Gasteiger charge is 1.99. The summed E-state index contributed by atoms with van der Waals surface area (Å²) in [5.41, 5.74) is 0. The summed E-state index contributed by atoms with van der Waals surface area (Å²) in [5, 5.41) is 3.27. The van der Waals surface area contributed by atoms with Crippen molar-refractivity contribution < 1.29 is 9.15 Å². The minimum Gasteiger partial charge on any atom is -0.494 e. The number of oxazole rings is 1. The molecule has 0 aliphatic carbocycles. The van der Waals surface area contributed by atoms with Crippen LogP contribution >= 0.6 is 0 Å². The smallest absolute Gasteiger partial charge is 0.208 e. The average Bonchev–Trinajstić information content (AvgIpc) is 2.81. The first kappa shape index (κ1) is 12.6. The topological polar surface area (TPSA) is 47.3 Å². The van der Waals surface area contributed by atoms with Crippen molar-refractivity contribution in [2.45, 2.75) is 19.9 Å². The molecule has 18 heavy (non-hydrogen) atoms.